The molecule has 2 atom stereocenters. The minimum atomic E-state index is -0.804. The zero-order valence-corrected chi connectivity index (χ0v) is 26.5. The first-order chi connectivity index (χ1) is 22.4. The van der Waals surface area contributed by atoms with Crippen LogP contribution in [0.1, 0.15) is 46.3 Å². The first-order valence-electron chi connectivity index (χ1n) is 14.9. The van der Waals surface area contributed by atoms with Crippen molar-refractivity contribution in [3.05, 3.63) is 113 Å². The normalized spacial score (nSPS) is 17.2. The molecule has 6 rings (SSSR count). The zero-order chi connectivity index (χ0) is 32.4. The molecule has 0 bridgehead atoms. The highest BCUT2D eigenvalue weighted by Gasteiger charge is 2.42. The van der Waals surface area contributed by atoms with Gasteiger partial charge in [-0.25, -0.2) is 0 Å². The van der Waals surface area contributed by atoms with Gasteiger partial charge in [-0.3, -0.25) is 14.5 Å². The number of hydrogen-bond donors (Lipinski definition) is 1. The molecule has 1 N–H and O–H groups in total. The molecule has 4 aromatic carbocycles. The molecule has 0 aromatic heterocycles. The Morgan fingerprint density at radius 3 is 2.00 bits per heavy atom. The lowest BCUT2D eigenvalue weighted by atomic mass is 9.78. The Morgan fingerprint density at radius 1 is 0.696 bits per heavy atom. The zero-order valence-electron chi connectivity index (χ0n) is 26.5. The molecule has 0 fully saturated rings. The largest absolute Gasteiger partial charge is 0.493 e. The van der Waals surface area contributed by atoms with Crippen LogP contribution in [0.2, 0.25) is 0 Å². The smallest absolute Gasteiger partial charge is 0.259 e. The number of methoxy groups -OCH3 is 5. The van der Waals surface area contributed by atoms with Crippen LogP contribution in [0.3, 0.4) is 0 Å². The van der Waals surface area contributed by atoms with Crippen molar-refractivity contribution in [3.8, 4) is 28.7 Å². The molecular formula is C37H36N2O7. The van der Waals surface area contributed by atoms with E-state index in [-0.39, 0.29) is 17.6 Å². The van der Waals surface area contributed by atoms with Gasteiger partial charge in [-0.2, -0.15) is 0 Å². The molecular weight excluding hydrogens is 584 g/mol. The molecule has 0 radical (unpaired) electrons. The number of allylic oxidation sites excluding steroid dienone is 1. The quantitative estimate of drug-likeness (QED) is 0.226. The molecule has 4 aromatic rings. The highest BCUT2D eigenvalue weighted by molar-refractivity contribution is 6.12. The lowest BCUT2D eigenvalue weighted by Gasteiger charge is -2.35. The van der Waals surface area contributed by atoms with Crippen LogP contribution in [-0.4, -0.2) is 47.2 Å². The summed E-state index contributed by atoms with van der Waals surface area (Å²) in [5.41, 5.74) is 4.70. The molecule has 1 amide bonds. The highest BCUT2D eigenvalue weighted by atomic mass is 16.5. The van der Waals surface area contributed by atoms with Gasteiger partial charge in [-0.15, -0.1) is 0 Å². The van der Waals surface area contributed by atoms with E-state index in [0.29, 0.717) is 69.7 Å². The molecule has 236 valence electrons. The Hall–Kier alpha value is -5.44. The second kappa shape index (κ2) is 12.9. The van der Waals surface area contributed by atoms with Gasteiger partial charge in [0.1, 0.15) is 0 Å². The van der Waals surface area contributed by atoms with E-state index in [0.717, 1.165) is 11.3 Å². The molecule has 9 nitrogen and oxygen atoms in total. The van der Waals surface area contributed by atoms with E-state index in [2.05, 4.69) is 17.4 Å². The molecule has 9 heteroatoms. The Labute approximate surface area is 268 Å². The number of nitrogens with one attached hydrogen (secondary N) is 1. The lowest BCUT2D eigenvalue weighted by molar-refractivity contribution is -0.116. The second-order valence-electron chi connectivity index (χ2n) is 11.1. The van der Waals surface area contributed by atoms with Crippen molar-refractivity contribution in [1.82, 2.24) is 0 Å². The van der Waals surface area contributed by atoms with Crippen LogP contribution < -0.4 is 33.9 Å². The number of Topliss-reactive ketones (excluding diaryl/α,β-unsaturated/α-hetero) is 1. The summed E-state index contributed by atoms with van der Waals surface area (Å²) in [6, 6.07) is 25.6. The second-order valence-corrected chi connectivity index (χ2v) is 11.1. The van der Waals surface area contributed by atoms with Crippen molar-refractivity contribution in [1.29, 1.82) is 0 Å². The van der Waals surface area contributed by atoms with E-state index in [1.807, 2.05) is 54.6 Å². The predicted molar refractivity (Wildman–Crippen MR) is 176 cm³/mol. The summed E-state index contributed by atoms with van der Waals surface area (Å²) in [7, 11) is 7.65. The maximum absolute atomic E-state index is 14.9. The van der Waals surface area contributed by atoms with Crippen LogP contribution in [0.25, 0.3) is 0 Å². The van der Waals surface area contributed by atoms with E-state index >= 15 is 0 Å². The maximum Gasteiger partial charge on any atom is 0.259 e. The number of amides is 1. The summed E-state index contributed by atoms with van der Waals surface area (Å²) in [5.74, 6) is 1.65. The standard InChI is InChI=1S/C37H36N2O7/c1-42-30-16-15-23(19-31(30)43-2)35-34-27(17-24(18-29(34)40)22-11-7-6-8-12-22)38-26-13-9-10-14-28(26)39(35)37(41)25-20-32(44-3)36(46-5)33(21-25)45-4/h6-16,19-21,24,35,38H,17-18H2,1-5H3/t24-,35-/m1/s1. The van der Waals surface area contributed by atoms with Crippen molar-refractivity contribution in [2.24, 2.45) is 0 Å². The Morgan fingerprint density at radius 2 is 1.35 bits per heavy atom. The number of nitrogens with zero attached hydrogens (tertiary/aromatic N) is 1. The average Bonchev–Trinajstić information content (AvgIpc) is 3.25. The molecule has 1 heterocycles. The van der Waals surface area contributed by atoms with Gasteiger partial charge in [0.05, 0.1) is 53.0 Å². The van der Waals surface area contributed by atoms with Crippen LogP contribution in [0, 0.1) is 0 Å². The molecule has 0 saturated carbocycles. The monoisotopic (exact) mass is 620 g/mol. The number of rotatable bonds is 8. The van der Waals surface area contributed by atoms with Crippen LogP contribution in [0.15, 0.2) is 96.2 Å². The molecule has 0 spiro atoms. The topological polar surface area (TPSA) is 95.6 Å². The van der Waals surface area contributed by atoms with Crippen LogP contribution >= 0.6 is 0 Å². The molecule has 2 aliphatic rings. The summed E-state index contributed by atoms with van der Waals surface area (Å²) in [5, 5.41) is 3.58. The summed E-state index contributed by atoms with van der Waals surface area (Å²) in [6.45, 7) is 0. The van der Waals surface area contributed by atoms with Crippen molar-refractivity contribution in [3.63, 3.8) is 0 Å². The molecule has 0 saturated heterocycles. The van der Waals surface area contributed by atoms with Gasteiger partial charge in [0.25, 0.3) is 5.91 Å². The number of fused-ring (bicyclic) bond motifs is 1. The number of ether oxygens (including phenoxy) is 5. The number of ketones is 1. The van der Waals surface area contributed by atoms with E-state index in [4.69, 9.17) is 23.7 Å². The van der Waals surface area contributed by atoms with E-state index in [1.165, 1.54) is 21.3 Å². The van der Waals surface area contributed by atoms with Gasteiger partial charge in [0, 0.05) is 23.3 Å². The predicted octanol–water partition coefficient (Wildman–Crippen LogP) is 6.94. The van der Waals surface area contributed by atoms with E-state index in [9.17, 15) is 9.59 Å². The Bertz CT molecular complexity index is 1790. The number of hydrogen-bond acceptors (Lipinski definition) is 8. The Kier molecular flexibility index (Phi) is 8.57. The van der Waals surface area contributed by atoms with E-state index in [1.54, 1.807) is 37.3 Å². The van der Waals surface area contributed by atoms with Gasteiger partial charge in [-0.05, 0) is 59.9 Å². The molecule has 1 aliphatic heterocycles. The third-order valence-electron chi connectivity index (χ3n) is 8.61. The molecule has 46 heavy (non-hydrogen) atoms. The van der Waals surface area contributed by atoms with Gasteiger partial charge in [0.2, 0.25) is 5.75 Å². The van der Waals surface area contributed by atoms with Gasteiger partial charge in [-0.1, -0.05) is 48.5 Å². The average molecular weight is 621 g/mol. The fraction of sp³-hybridized carbons (Fsp3) is 0.243. The Balaban J connectivity index is 1.60. The lowest BCUT2D eigenvalue weighted by Crippen LogP contribution is -2.38. The van der Waals surface area contributed by atoms with Crippen molar-refractivity contribution < 1.29 is 33.3 Å². The number of para-hydroxylation sites is 2. The third kappa shape index (κ3) is 5.38. The first kappa shape index (κ1) is 30.6. The maximum atomic E-state index is 14.9. The first-order valence-corrected chi connectivity index (χ1v) is 14.9. The summed E-state index contributed by atoms with van der Waals surface area (Å²) >= 11 is 0. The number of anilines is 2. The van der Waals surface area contributed by atoms with E-state index < -0.39 is 6.04 Å². The summed E-state index contributed by atoms with van der Waals surface area (Å²) in [4.78, 5) is 31.0. The SMILES string of the molecule is COc1ccc([C@@H]2C3=C(C[C@@H](c4ccccc4)CC3=O)Nc3ccccc3N2C(=O)c2cc(OC)c(OC)c(OC)c2)cc1OC. The van der Waals surface area contributed by atoms with Crippen molar-refractivity contribution in [2.75, 3.05) is 45.8 Å². The van der Waals surface area contributed by atoms with Crippen LogP contribution in [0.5, 0.6) is 28.7 Å². The highest BCUT2D eigenvalue weighted by Crippen LogP contribution is 2.49. The molecule has 0 unspecified atom stereocenters. The van der Waals surface area contributed by atoms with Crippen LogP contribution in [-0.2, 0) is 4.79 Å². The summed E-state index contributed by atoms with van der Waals surface area (Å²) < 4.78 is 27.9. The van der Waals surface area contributed by atoms with Gasteiger partial charge < -0.3 is 29.0 Å². The minimum Gasteiger partial charge on any atom is -0.493 e. The number of carbonyl (C=O) groups is 2. The van der Waals surface area contributed by atoms with Crippen molar-refractivity contribution in [2.45, 2.75) is 24.8 Å². The summed E-state index contributed by atoms with van der Waals surface area (Å²) in [6.07, 6.45) is 0.895. The van der Waals surface area contributed by atoms with Gasteiger partial charge >= 0.3 is 0 Å². The van der Waals surface area contributed by atoms with Gasteiger partial charge in [0.15, 0.2) is 28.8 Å². The van der Waals surface area contributed by atoms with Crippen molar-refractivity contribution >= 4 is 23.1 Å². The number of benzene rings is 4. The third-order valence-corrected chi connectivity index (χ3v) is 8.61. The minimum absolute atomic E-state index is 0.0180. The fourth-order valence-electron chi connectivity index (χ4n) is 6.46. The fourth-order valence-corrected chi connectivity index (χ4v) is 6.46. The molecule has 1 aliphatic carbocycles. The van der Waals surface area contributed by atoms with Crippen LogP contribution in [0.4, 0.5) is 11.4 Å². The number of carbonyl (C=O) groups excluding carboxylic acids is 2.